The molecule has 1 N–H and O–H groups in total. The van der Waals surface area contributed by atoms with Crippen molar-refractivity contribution in [3.05, 3.63) is 33.7 Å². The fraction of sp³-hybridized carbons (Fsp3) is 0.643. The van der Waals surface area contributed by atoms with Crippen LogP contribution < -0.4 is 10.9 Å². The maximum atomic E-state index is 12.0. The summed E-state index contributed by atoms with van der Waals surface area (Å²) >= 11 is 0. The number of rotatable bonds is 3. The fourth-order valence-electron chi connectivity index (χ4n) is 3.06. The lowest BCUT2D eigenvalue weighted by Gasteiger charge is -2.27. The third-order valence-electron chi connectivity index (χ3n) is 4.10. The molecule has 0 amide bonds. The van der Waals surface area contributed by atoms with E-state index in [1.807, 2.05) is 10.6 Å². The van der Waals surface area contributed by atoms with Crippen molar-refractivity contribution in [1.82, 2.24) is 14.8 Å². The van der Waals surface area contributed by atoms with Crippen LogP contribution in [0.3, 0.4) is 0 Å². The van der Waals surface area contributed by atoms with Crippen molar-refractivity contribution in [3.63, 3.8) is 0 Å². The predicted octanol–water partition coefficient (Wildman–Crippen LogP) is 0.242. The number of pyridine rings is 1. The summed E-state index contributed by atoms with van der Waals surface area (Å²) in [7, 11) is 0. The maximum Gasteiger partial charge on any atom is 0.250 e. The number of hydrogen-bond donors (Lipinski definition) is 1. The van der Waals surface area contributed by atoms with Crippen molar-refractivity contribution in [2.75, 3.05) is 32.7 Å². The van der Waals surface area contributed by atoms with Crippen LogP contribution in [0.4, 0.5) is 0 Å². The Morgan fingerprint density at radius 2 is 1.94 bits per heavy atom. The number of hydrogen-bond acceptors (Lipinski definition) is 3. The summed E-state index contributed by atoms with van der Waals surface area (Å²) in [4.78, 5) is 14.4. The van der Waals surface area contributed by atoms with E-state index in [0.717, 1.165) is 52.1 Å². The van der Waals surface area contributed by atoms with Crippen LogP contribution in [0.5, 0.6) is 0 Å². The van der Waals surface area contributed by atoms with Crippen LogP contribution in [-0.2, 0) is 19.4 Å². The van der Waals surface area contributed by atoms with Crippen molar-refractivity contribution in [1.29, 1.82) is 0 Å². The van der Waals surface area contributed by atoms with Gasteiger partial charge in [0.05, 0.1) is 0 Å². The first-order chi connectivity index (χ1) is 8.84. The van der Waals surface area contributed by atoms with Crippen molar-refractivity contribution in [2.24, 2.45) is 0 Å². The molecule has 0 saturated carbocycles. The Hall–Kier alpha value is -1.13. The molecule has 0 aromatic carbocycles. The van der Waals surface area contributed by atoms with E-state index < -0.39 is 0 Å². The molecule has 0 atom stereocenters. The number of aromatic nitrogens is 1. The van der Waals surface area contributed by atoms with E-state index in [-0.39, 0.29) is 5.56 Å². The molecule has 0 bridgehead atoms. The quantitative estimate of drug-likeness (QED) is 0.831. The lowest BCUT2D eigenvalue weighted by atomic mass is 10.2. The molecule has 2 aliphatic rings. The highest BCUT2D eigenvalue weighted by atomic mass is 16.1. The van der Waals surface area contributed by atoms with Crippen molar-refractivity contribution < 1.29 is 0 Å². The van der Waals surface area contributed by atoms with Crippen molar-refractivity contribution in [2.45, 2.75) is 25.8 Å². The second-order valence-corrected chi connectivity index (χ2v) is 5.24. The highest BCUT2D eigenvalue weighted by molar-refractivity contribution is 5.25. The summed E-state index contributed by atoms with van der Waals surface area (Å²) in [6, 6.07) is 3.76. The van der Waals surface area contributed by atoms with Crippen molar-refractivity contribution >= 4 is 0 Å². The lowest BCUT2D eigenvalue weighted by Crippen LogP contribution is -2.45. The molecule has 0 radical (unpaired) electrons. The molecule has 1 fully saturated rings. The van der Waals surface area contributed by atoms with Gasteiger partial charge < -0.3 is 9.88 Å². The largest absolute Gasteiger partial charge is 0.314 e. The van der Waals surface area contributed by atoms with Crippen LogP contribution in [0.25, 0.3) is 0 Å². The first-order valence-corrected chi connectivity index (χ1v) is 6.99. The summed E-state index contributed by atoms with van der Waals surface area (Å²) < 4.78 is 2.00. The zero-order valence-electron chi connectivity index (χ0n) is 10.8. The lowest BCUT2D eigenvalue weighted by molar-refractivity contribution is 0.231. The number of nitrogens with one attached hydrogen (secondary N) is 1. The van der Waals surface area contributed by atoms with Gasteiger partial charge in [0.2, 0.25) is 0 Å². The molecule has 18 heavy (non-hydrogen) atoms. The van der Waals surface area contributed by atoms with Gasteiger partial charge >= 0.3 is 0 Å². The minimum absolute atomic E-state index is 0.172. The van der Waals surface area contributed by atoms with Gasteiger partial charge in [-0.25, -0.2) is 0 Å². The van der Waals surface area contributed by atoms with Crippen LogP contribution in [-0.4, -0.2) is 42.2 Å². The van der Waals surface area contributed by atoms with E-state index in [9.17, 15) is 4.79 Å². The molecule has 98 valence electrons. The third-order valence-corrected chi connectivity index (χ3v) is 4.10. The average molecular weight is 247 g/mol. The maximum absolute atomic E-state index is 12.0. The Morgan fingerprint density at radius 3 is 2.78 bits per heavy atom. The van der Waals surface area contributed by atoms with Gasteiger partial charge in [0, 0.05) is 51.0 Å². The first kappa shape index (κ1) is 11.9. The van der Waals surface area contributed by atoms with E-state index in [4.69, 9.17) is 0 Å². The molecule has 1 aliphatic carbocycles. The van der Waals surface area contributed by atoms with Crippen LogP contribution >= 0.6 is 0 Å². The topological polar surface area (TPSA) is 37.3 Å². The molecule has 2 heterocycles. The molecular weight excluding hydrogens is 226 g/mol. The van der Waals surface area contributed by atoms with Crippen LogP contribution in [0.2, 0.25) is 0 Å². The van der Waals surface area contributed by atoms with Gasteiger partial charge in [-0.1, -0.05) is 6.07 Å². The summed E-state index contributed by atoms with van der Waals surface area (Å²) in [6.45, 7) is 6.19. The van der Waals surface area contributed by atoms with Gasteiger partial charge in [0.1, 0.15) is 0 Å². The van der Waals surface area contributed by atoms with Crippen LogP contribution in [0, 0.1) is 0 Å². The Morgan fingerprint density at radius 1 is 1.11 bits per heavy atom. The highest BCUT2D eigenvalue weighted by Crippen LogP contribution is 2.19. The summed E-state index contributed by atoms with van der Waals surface area (Å²) in [6.07, 6.45) is 3.42. The number of piperazine rings is 1. The Balaban J connectivity index is 1.72. The summed E-state index contributed by atoms with van der Waals surface area (Å²) in [5, 5.41) is 3.36. The number of aryl methyl sites for hydroxylation is 1. The predicted molar refractivity (Wildman–Crippen MR) is 72.0 cm³/mol. The average Bonchev–Trinajstić information content (AvgIpc) is 2.87. The Kier molecular flexibility index (Phi) is 3.48. The smallest absolute Gasteiger partial charge is 0.250 e. The molecule has 1 saturated heterocycles. The molecule has 0 unspecified atom stereocenters. The highest BCUT2D eigenvalue weighted by Gasteiger charge is 2.16. The SMILES string of the molecule is O=c1ccc2c(n1CCN1CCNCC1)CCC2. The summed E-state index contributed by atoms with van der Waals surface area (Å²) in [5.74, 6) is 0. The van der Waals surface area contributed by atoms with E-state index in [2.05, 4.69) is 10.2 Å². The first-order valence-electron chi connectivity index (χ1n) is 6.99. The Bertz CT molecular complexity index is 474. The van der Waals surface area contributed by atoms with Gasteiger partial charge in [0.15, 0.2) is 0 Å². The monoisotopic (exact) mass is 247 g/mol. The second-order valence-electron chi connectivity index (χ2n) is 5.24. The van der Waals surface area contributed by atoms with Crippen LogP contribution in [0.15, 0.2) is 16.9 Å². The van der Waals surface area contributed by atoms with E-state index in [1.54, 1.807) is 6.07 Å². The minimum atomic E-state index is 0.172. The molecule has 4 nitrogen and oxygen atoms in total. The molecule has 1 aliphatic heterocycles. The standard InChI is InChI=1S/C14H21N3O/c18-14-5-4-12-2-1-3-13(12)17(14)11-10-16-8-6-15-7-9-16/h4-5,15H,1-3,6-11H2. The van der Waals surface area contributed by atoms with E-state index >= 15 is 0 Å². The molecular formula is C14H21N3O. The zero-order chi connectivity index (χ0) is 12.4. The molecule has 0 spiro atoms. The van der Waals surface area contributed by atoms with Gasteiger partial charge in [-0.05, 0) is 24.8 Å². The van der Waals surface area contributed by atoms with Crippen LogP contribution in [0.1, 0.15) is 17.7 Å². The number of nitrogens with zero attached hydrogens (tertiary/aromatic N) is 2. The van der Waals surface area contributed by atoms with Gasteiger partial charge in [0.25, 0.3) is 5.56 Å². The van der Waals surface area contributed by atoms with Gasteiger partial charge in [-0.3, -0.25) is 9.69 Å². The molecule has 4 heteroatoms. The van der Waals surface area contributed by atoms with Gasteiger partial charge in [-0.2, -0.15) is 0 Å². The normalized spacial score (nSPS) is 20.0. The van der Waals surface area contributed by atoms with Gasteiger partial charge in [-0.15, -0.1) is 0 Å². The van der Waals surface area contributed by atoms with E-state index in [0.29, 0.717) is 0 Å². The molecule has 1 aromatic heterocycles. The minimum Gasteiger partial charge on any atom is -0.314 e. The third kappa shape index (κ3) is 2.35. The van der Waals surface area contributed by atoms with E-state index in [1.165, 1.54) is 17.7 Å². The second kappa shape index (κ2) is 5.24. The summed E-state index contributed by atoms with van der Waals surface area (Å²) in [5.41, 5.74) is 2.85. The van der Waals surface area contributed by atoms with Crippen molar-refractivity contribution in [3.8, 4) is 0 Å². The molecule has 3 rings (SSSR count). The zero-order valence-corrected chi connectivity index (χ0v) is 10.8. The Labute approximate surface area is 108 Å². The number of fused-ring (bicyclic) bond motifs is 1. The fourth-order valence-corrected chi connectivity index (χ4v) is 3.06. The molecule has 1 aromatic rings.